The summed E-state index contributed by atoms with van der Waals surface area (Å²) in [5.41, 5.74) is 5.55. The molecule has 0 radical (unpaired) electrons. The highest BCUT2D eigenvalue weighted by molar-refractivity contribution is 6.28. The predicted molar refractivity (Wildman–Crippen MR) is 65.9 cm³/mol. The van der Waals surface area contributed by atoms with Crippen LogP contribution in [-0.2, 0) is 0 Å². The van der Waals surface area contributed by atoms with Gasteiger partial charge in [0.1, 0.15) is 0 Å². The number of nitrogens with zero attached hydrogens (tertiary/aromatic N) is 4. The van der Waals surface area contributed by atoms with E-state index in [1.165, 1.54) is 0 Å². The molecular formula is C10H16ClN5O. The van der Waals surface area contributed by atoms with Crippen LogP contribution < -0.4 is 10.6 Å². The van der Waals surface area contributed by atoms with Crippen LogP contribution in [0.5, 0.6) is 0 Å². The molecule has 1 aliphatic heterocycles. The van der Waals surface area contributed by atoms with Crippen LogP contribution >= 0.6 is 11.6 Å². The summed E-state index contributed by atoms with van der Waals surface area (Å²) in [6.45, 7) is 1.95. The van der Waals surface area contributed by atoms with Gasteiger partial charge in [-0.1, -0.05) is 0 Å². The molecule has 0 bridgehead atoms. The van der Waals surface area contributed by atoms with E-state index in [2.05, 4.69) is 15.0 Å². The van der Waals surface area contributed by atoms with Crippen molar-refractivity contribution in [1.29, 1.82) is 0 Å². The minimum atomic E-state index is 0.122. The number of hydrogen-bond acceptors (Lipinski definition) is 6. The number of halogens is 1. The molecule has 1 saturated heterocycles. The van der Waals surface area contributed by atoms with E-state index in [4.69, 9.17) is 22.4 Å². The molecule has 1 atom stereocenters. The molecule has 7 heteroatoms. The molecule has 0 saturated carbocycles. The Hall–Kier alpha value is -1.14. The van der Waals surface area contributed by atoms with Gasteiger partial charge in [0, 0.05) is 19.7 Å². The zero-order valence-electron chi connectivity index (χ0n) is 9.51. The Morgan fingerprint density at radius 1 is 1.41 bits per heavy atom. The molecule has 2 heterocycles. The average Bonchev–Trinajstić information content (AvgIpc) is 2.28. The van der Waals surface area contributed by atoms with Crippen molar-refractivity contribution in [2.24, 2.45) is 5.92 Å². The van der Waals surface area contributed by atoms with Gasteiger partial charge in [-0.05, 0) is 36.8 Å². The third-order valence-electron chi connectivity index (χ3n) is 2.95. The van der Waals surface area contributed by atoms with Crippen LogP contribution in [0.1, 0.15) is 19.3 Å². The molecule has 6 nitrogen and oxygen atoms in total. The largest absolute Gasteiger partial charge is 0.396 e. The van der Waals surface area contributed by atoms with Crippen molar-refractivity contribution in [3.8, 4) is 0 Å². The zero-order valence-corrected chi connectivity index (χ0v) is 10.3. The van der Waals surface area contributed by atoms with Gasteiger partial charge in [0.25, 0.3) is 0 Å². The van der Waals surface area contributed by atoms with Gasteiger partial charge in [-0.2, -0.15) is 15.0 Å². The first-order chi connectivity index (χ1) is 8.19. The SMILES string of the molecule is Nc1nc(Cl)nc(N2CCCC(CCO)C2)n1. The second kappa shape index (κ2) is 5.46. The molecule has 1 fully saturated rings. The van der Waals surface area contributed by atoms with E-state index in [-0.39, 0.29) is 17.8 Å². The second-order valence-electron chi connectivity index (χ2n) is 4.23. The molecule has 1 aliphatic rings. The van der Waals surface area contributed by atoms with Crippen molar-refractivity contribution in [2.75, 3.05) is 30.3 Å². The van der Waals surface area contributed by atoms with Crippen LogP contribution in [-0.4, -0.2) is 39.8 Å². The summed E-state index contributed by atoms with van der Waals surface area (Å²) in [6, 6.07) is 0. The third-order valence-corrected chi connectivity index (χ3v) is 3.12. The van der Waals surface area contributed by atoms with Crippen LogP contribution in [0.4, 0.5) is 11.9 Å². The summed E-state index contributed by atoms with van der Waals surface area (Å²) >= 11 is 5.76. The maximum Gasteiger partial charge on any atom is 0.231 e. The molecule has 0 spiro atoms. The fourth-order valence-corrected chi connectivity index (χ4v) is 2.32. The maximum atomic E-state index is 8.96. The maximum absolute atomic E-state index is 8.96. The molecule has 1 unspecified atom stereocenters. The molecule has 94 valence electrons. The quantitative estimate of drug-likeness (QED) is 0.829. The summed E-state index contributed by atoms with van der Waals surface area (Å²) < 4.78 is 0. The predicted octanol–water partition coefficient (Wildman–Crippen LogP) is 0.706. The van der Waals surface area contributed by atoms with Crippen LogP contribution in [0.15, 0.2) is 0 Å². The first kappa shape index (κ1) is 12.3. The number of piperidine rings is 1. The Morgan fingerprint density at radius 3 is 2.94 bits per heavy atom. The molecule has 0 aromatic carbocycles. The molecular weight excluding hydrogens is 242 g/mol. The lowest BCUT2D eigenvalue weighted by molar-refractivity contribution is 0.244. The van der Waals surface area contributed by atoms with Gasteiger partial charge in [-0.15, -0.1) is 0 Å². The van der Waals surface area contributed by atoms with Gasteiger partial charge in [-0.3, -0.25) is 0 Å². The Morgan fingerprint density at radius 2 is 2.24 bits per heavy atom. The topological polar surface area (TPSA) is 88.2 Å². The average molecular weight is 258 g/mol. The Balaban J connectivity index is 2.10. The van der Waals surface area contributed by atoms with E-state index >= 15 is 0 Å². The molecule has 0 aliphatic carbocycles. The van der Waals surface area contributed by atoms with E-state index in [1.807, 2.05) is 4.90 Å². The highest BCUT2D eigenvalue weighted by atomic mass is 35.5. The number of aliphatic hydroxyl groups excluding tert-OH is 1. The molecule has 1 aromatic rings. The van der Waals surface area contributed by atoms with E-state index in [0.717, 1.165) is 32.4 Å². The van der Waals surface area contributed by atoms with Crippen molar-refractivity contribution in [1.82, 2.24) is 15.0 Å². The first-order valence-corrected chi connectivity index (χ1v) is 6.09. The van der Waals surface area contributed by atoms with Gasteiger partial charge in [-0.25, -0.2) is 0 Å². The van der Waals surface area contributed by atoms with E-state index in [9.17, 15) is 0 Å². The van der Waals surface area contributed by atoms with Crippen molar-refractivity contribution in [2.45, 2.75) is 19.3 Å². The lowest BCUT2D eigenvalue weighted by atomic mass is 9.95. The minimum absolute atomic E-state index is 0.122. The first-order valence-electron chi connectivity index (χ1n) is 5.72. The van der Waals surface area contributed by atoms with Crippen molar-refractivity contribution < 1.29 is 5.11 Å². The molecule has 0 amide bonds. The molecule has 2 rings (SSSR count). The summed E-state index contributed by atoms with van der Waals surface area (Å²) in [4.78, 5) is 14.0. The monoisotopic (exact) mass is 257 g/mol. The Bertz CT molecular complexity index is 367. The smallest absolute Gasteiger partial charge is 0.231 e. The van der Waals surface area contributed by atoms with E-state index < -0.39 is 0 Å². The number of aromatic nitrogens is 3. The lowest BCUT2D eigenvalue weighted by Crippen LogP contribution is -2.37. The Kier molecular flexibility index (Phi) is 3.96. The van der Waals surface area contributed by atoms with Crippen LogP contribution in [0.25, 0.3) is 0 Å². The molecule has 1 aromatic heterocycles. The number of rotatable bonds is 3. The summed E-state index contributed by atoms with van der Waals surface area (Å²) in [5, 5.41) is 9.08. The zero-order chi connectivity index (χ0) is 12.3. The fourth-order valence-electron chi connectivity index (χ4n) is 2.16. The minimum Gasteiger partial charge on any atom is -0.396 e. The van der Waals surface area contributed by atoms with Crippen molar-refractivity contribution in [3.05, 3.63) is 5.28 Å². The Labute approximate surface area is 105 Å². The number of nitrogen functional groups attached to an aromatic ring is 1. The third kappa shape index (κ3) is 3.17. The van der Waals surface area contributed by atoms with Crippen LogP contribution in [0.2, 0.25) is 5.28 Å². The van der Waals surface area contributed by atoms with Crippen LogP contribution in [0, 0.1) is 5.92 Å². The number of hydrogen-bond donors (Lipinski definition) is 2. The summed E-state index contributed by atoms with van der Waals surface area (Å²) in [6.07, 6.45) is 3.00. The normalized spacial score (nSPS) is 20.6. The molecule has 17 heavy (non-hydrogen) atoms. The summed E-state index contributed by atoms with van der Waals surface area (Å²) in [7, 11) is 0. The lowest BCUT2D eigenvalue weighted by Gasteiger charge is -2.32. The number of aliphatic hydroxyl groups is 1. The van der Waals surface area contributed by atoms with Gasteiger partial charge < -0.3 is 15.7 Å². The molecule has 3 N–H and O–H groups in total. The summed E-state index contributed by atoms with van der Waals surface area (Å²) in [5.74, 6) is 1.15. The second-order valence-corrected chi connectivity index (χ2v) is 4.57. The fraction of sp³-hybridized carbons (Fsp3) is 0.700. The van der Waals surface area contributed by atoms with Gasteiger partial charge >= 0.3 is 0 Å². The van der Waals surface area contributed by atoms with Crippen LogP contribution in [0.3, 0.4) is 0 Å². The van der Waals surface area contributed by atoms with Crippen molar-refractivity contribution in [3.63, 3.8) is 0 Å². The van der Waals surface area contributed by atoms with Gasteiger partial charge in [0.05, 0.1) is 0 Å². The van der Waals surface area contributed by atoms with Gasteiger partial charge in [0.2, 0.25) is 17.2 Å². The van der Waals surface area contributed by atoms with E-state index in [0.29, 0.717) is 11.9 Å². The van der Waals surface area contributed by atoms with Crippen molar-refractivity contribution >= 4 is 23.5 Å². The highest BCUT2D eigenvalue weighted by Gasteiger charge is 2.22. The standard InChI is InChI=1S/C10H16ClN5O/c11-8-13-9(12)15-10(14-8)16-4-1-2-7(6-16)3-5-17/h7,17H,1-6H2,(H2,12,13,14,15). The highest BCUT2D eigenvalue weighted by Crippen LogP contribution is 2.23. The number of anilines is 2. The number of nitrogens with two attached hydrogens (primary N) is 1. The van der Waals surface area contributed by atoms with Gasteiger partial charge in [0.15, 0.2) is 0 Å². The van der Waals surface area contributed by atoms with E-state index in [1.54, 1.807) is 0 Å².